The lowest BCUT2D eigenvalue weighted by Crippen LogP contribution is -2.43. The molecule has 3 heterocycles. The minimum absolute atomic E-state index is 0.114. The Hall–Kier alpha value is -3.20. The Labute approximate surface area is 217 Å². The molecule has 200 valence electrons. The van der Waals surface area contributed by atoms with Gasteiger partial charge in [-0.25, -0.2) is 9.18 Å². The van der Waals surface area contributed by atoms with Crippen molar-refractivity contribution in [1.82, 2.24) is 14.8 Å². The van der Waals surface area contributed by atoms with Gasteiger partial charge in [0.25, 0.3) is 0 Å². The topological polar surface area (TPSA) is 98.0 Å². The van der Waals surface area contributed by atoms with Crippen LogP contribution in [0.5, 0.6) is 5.75 Å². The van der Waals surface area contributed by atoms with Crippen molar-refractivity contribution >= 4 is 12.0 Å². The summed E-state index contributed by atoms with van der Waals surface area (Å²) in [6, 6.07) is 7.80. The van der Waals surface area contributed by atoms with Crippen LogP contribution in [0.1, 0.15) is 45.1 Å². The Morgan fingerprint density at radius 3 is 2.43 bits per heavy atom. The highest BCUT2D eigenvalue weighted by Gasteiger charge is 2.26. The second-order valence-electron chi connectivity index (χ2n) is 10.2. The number of amides is 2. The lowest BCUT2D eigenvalue weighted by atomic mass is 9.98. The van der Waals surface area contributed by atoms with Gasteiger partial charge in [-0.3, -0.25) is 9.78 Å². The second kappa shape index (κ2) is 12.4. The van der Waals surface area contributed by atoms with Gasteiger partial charge in [0.15, 0.2) is 0 Å². The van der Waals surface area contributed by atoms with Gasteiger partial charge in [0.2, 0.25) is 5.91 Å². The number of pyridine rings is 1. The molecule has 0 spiro atoms. The molecule has 1 unspecified atom stereocenters. The monoisotopic (exact) mass is 512 g/mol. The summed E-state index contributed by atoms with van der Waals surface area (Å²) < 4.78 is 26.0. The van der Waals surface area contributed by atoms with Crippen LogP contribution < -0.4 is 10.5 Å². The van der Waals surface area contributed by atoms with Crippen LogP contribution in [0.3, 0.4) is 0 Å². The zero-order valence-electron chi connectivity index (χ0n) is 21.7. The molecule has 2 N–H and O–H groups in total. The number of benzene rings is 1. The van der Waals surface area contributed by atoms with Crippen molar-refractivity contribution in [3.05, 3.63) is 47.9 Å². The molecule has 2 amide bonds. The molecule has 2 aliphatic heterocycles. The van der Waals surface area contributed by atoms with Crippen molar-refractivity contribution in [2.45, 2.75) is 58.1 Å². The third-order valence-electron chi connectivity index (χ3n) is 6.95. The number of ether oxygens (including phenoxy) is 2. The quantitative estimate of drug-likeness (QED) is 0.574. The van der Waals surface area contributed by atoms with Crippen LogP contribution in [-0.4, -0.2) is 71.7 Å². The van der Waals surface area contributed by atoms with Crippen molar-refractivity contribution in [3.63, 3.8) is 0 Å². The molecule has 37 heavy (non-hydrogen) atoms. The van der Waals surface area contributed by atoms with Crippen LogP contribution in [0.4, 0.5) is 9.18 Å². The molecule has 0 bridgehead atoms. The van der Waals surface area contributed by atoms with Gasteiger partial charge < -0.3 is 25.0 Å². The Kier molecular flexibility index (Phi) is 8.97. The number of carbonyl (C=O) groups excluding carboxylic acids is 2. The molecule has 9 heteroatoms. The predicted octanol–water partition coefficient (Wildman–Crippen LogP) is 4.02. The van der Waals surface area contributed by atoms with E-state index in [4.69, 9.17) is 15.2 Å². The largest absolute Gasteiger partial charge is 0.492 e. The summed E-state index contributed by atoms with van der Waals surface area (Å²) in [6.07, 6.45) is 5.14. The predicted molar refractivity (Wildman–Crippen MR) is 139 cm³/mol. The normalized spacial score (nSPS) is 17.2. The summed E-state index contributed by atoms with van der Waals surface area (Å²) in [5.41, 5.74) is 7.78. The zero-order valence-corrected chi connectivity index (χ0v) is 21.7. The zero-order chi connectivity index (χ0) is 26.4. The van der Waals surface area contributed by atoms with Gasteiger partial charge in [-0.2, -0.15) is 0 Å². The standard InChI is InChI=1S/C28H37FN4O4/c1-19(2)37-28(35)33-13-9-20(10-14-33)18-36-23-7-8-26(31-17-23)22-6-5-21(24(29)15-22)16-25(30)27(34)32-11-3-4-12-32/h5-8,15,17,19-20,25H,3-4,9-14,16,18,30H2,1-2H3. The maximum absolute atomic E-state index is 14.8. The van der Waals surface area contributed by atoms with Crippen molar-refractivity contribution in [2.24, 2.45) is 11.7 Å². The number of halogens is 1. The smallest absolute Gasteiger partial charge is 0.410 e. The van der Waals surface area contributed by atoms with E-state index in [0.29, 0.717) is 48.2 Å². The molecular weight excluding hydrogens is 475 g/mol. The molecule has 2 saturated heterocycles. The first kappa shape index (κ1) is 26.9. The van der Waals surface area contributed by atoms with Crippen molar-refractivity contribution in [2.75, 3.05) is 32.8 Å². The fourth-order valence-corrected chi connectivity index (χ4v) is 4.78. The van der Waals surface area contributed by atoms with Crippen molar-refractivity contribution in [3.8, 4) is 17.0 Å². The van der Waals surface area contributed by atoms with Crippen molar-refractivity contribution < 1.29 is 23.5 Å². The van der Waals surface area contributed by atoms with E-state index in [1.165, 1.54) is 6.07 Å². The summed E-state index contributed by atoms with van der Waals surface area (Å²) >= 11 is 0. The minimum Gasteiger partial charge on any atom is -0.492 e. The van der Waals surface area contributed by atoms with Gasteiger partial charge >= 0.3 is 6.09 Å². The summed E-state index contributed by atoms with van der Waals surface area (Å²) in [4.78, 5) is 32.4. The molecule has 2 fully saturated rings. The summed E-state index contributed by atoms with van der Waals surface area (Å²) in [5.74, 6) is 0.493. The molecule has 4 rings (SSSR count). The van der Waals surface area contributed by atoms with Gasteiger partial charge in [-0.15, -0.1) is 0 Å². The number of nitrogens with two attached hydrogens (primary N) is 1. The average molecular weight is 513 g/mol. The van der Waals surface area contributed by atoms with Crippen LogP contribution in [0.2, 0.25) is 0 Å². The van der Waals surface area contributed by atoms with Gasteiger partial charge in [0.1, 0.15) is 11.6 Å². The van der Waals surface area contributed by atoms with Crippen LogP contribution in [0, 0.1) is 11.7 Å². The van der Waals surface area contributed by atoms with Gasteiger partial charge in [0, 0.05) is 31.7 Å². The van der Waals surface area contributed by atoms with Crippen LogP contribution in [0.25, 0.3) is 11.3 Å². The van der Waals surface area contributed by atoms with Crippen LogP contribution in [0.15, 0.2) is 36.5 Å². The number of piperidine rings is 1. The highest BCUT2D eigenvalue weighted by Crippen LogP contribution is 2.24. The van der Waals surface area contributed by atoms with Crippen molar-refractivity contribution in [1.29, 1.82) is 0 Å². The van der Waals surface area contributed by atoms with E-state index in [1.54, 1.807) is 34.2 Å². The molecule has 0 saturated carbocycles. The maximum Gasteiger partial charge on any atom is 0.410 e. The molecular formula is C28H37FN4O4. The minimum atomic E-state index is -0.742. The fourth-order valence-electron chi connectivity index (χ4n) is 4.78. The van der Waals surface area contributed by atoms with E-state index in [-0.39, 0.29) is 24.5 Å². The number of hydrogen-bond donors (Lipinski definition) is 1. The SMILES string of the molecule is CC(C)OC(=O)N1CCC(COc2ccc(-c3ccc(CC(N)C(=O)N4CCCC4)c(F)c3)nc2)CC1. The number of aromatic nitrogens is 1. The Balaban J connectivity index is 1.26. The molecule has 1 atom stereocenters. The molecule has 2 aliphatic rings. The lowest BCUT2D eigenvalue weighted by Gasteiger charge is -2.31. The molecule has 0 radical (unpaired) electrons. The fraction of sp³-hybridized carbons (Fsp3) is 0.536. The highest BCUT2D eigenvalue weighted by molar-refractivity contribution is 5.82. The number of likely N-dealkylation sites (tertiary alicyclic amines) is 2. The lowest BCUT2D eigenvalue weighted by molar-refractivity contribution is -0.131. The Morgan fingerprint density at radius 1 is 1.08 bits per heavy atom. The first-order valence-electron chi connectivity index (χ1n) is 13.2. The van der Waals surface area contributed by atoms with E-state index in [2.05, 4.69) is 4.98 Å². The van der Waals surface area contributed by atoms with Crippen LogP contribution >= 0.6 is 0 Å². The molecule has 1 aromatic heterocycles. The Bertz CT molecular complexity index is 1060. The van der Waals surface area contributed by atoms with Crippen LogP contribution in [-0.2, 0) is 16.0 Å². The summed E-state index contributed by atoms with van der Waals surface area (Å²) in [6.45, 7) is 7.03. The molecule has 1 aromatic carbocycles. The maximum atomic E-state index is 14.8. The summed E-state index contributed by atoms with van der Waals surface area (Å²) in [5, 5.41) is 0. The summed E-state index contributed by atoms with van der Waals surface area (Å²) in [7, 11) is 0. The first-order valence-corrected chi connectivity index (χ1v) is 13.2. The van der Waals surface area contributed by atoms with E-state index < -0.39 is 11.9 Å². The number of carbonyl (C=O) groups is 2. The van der Waals surface area contributed by atoms with Gasteiger partial charge in [-0.05, 0) is 75.6 Å². The number of nitrogens with zero attached hydrogens (tertiary/aromatic N) is 3. The first-order chi connectivity index (χ1) is 17.8. The average Bonchev–Trinajstić information content (AvgIpc) is 3.43. The molecule has 2 aromatic rings. The highest BCUT2D eigenvalue weighted by atomic mass is 19.1. The van der Waals surface area contributed by atoms with Gasteiger partial charge in [0.05, 0.1) is 30.6 Å². The number of hydrogen-bond acceptors (Lipinski definition) is 6. The molecule has 8 nitrogen and oxygen atoms in total. The van der Waals surface area contributed by atoms with E-state index >= 15 is 0 Å². The van der Waals surface area contributed by atoms with Gasteiger partial charge in [-0.1, -0.05) is 12.1 Å². The number of rotatable bonds is 8. The Morgan fingerprint density at radius 2 is 1.81 bits per heavy atom. The van der Waals surface area contributed by atoms with E-state index in [9.17, 15) is 14.0 Å². The third-order valence-corrected chi connectivity index (χ3v) is 6.95. The van der Waals surface area contributed by atoms with E-state index in [0.717, 1.165) is 38.8 Å². The van der Waals surface area contributed by atoms with E-state index in [1.807, 2.05) is 19.9 Å². The third kappa shape index (κ3) is 7.19. The second-order valence-corrected chi connectivity index (χ2v) is 10.2. The molecule has 0 aliphatic carbocycles.